The standard InChI is InChI=1S/C17H23N5O2/c1-12(2)24-14-7-5-13(6-8-14)20-16-11-19-22-17(21-16)18-10-15-4-3-9-23-15/h5-8,11-12,15H,3-4,9-10H2,1-2H3,(H2,18,20,21,22). The molecule has 1 saturated heterocycles. The van der Waals surface area contributed by atoms with Gasteiger partial charge in [-0.1, -0.05) is 0 Å². The molecule has 3 rings (SSSR count). The minimum absolute atomic E-state index is 0.160. The fourth-order valence-electron chi connectivity index (χ4n) is 2.49. The van der Waals surface area contributed by atoms with E-state index in [9.17, 15) is 0 Å². The molecule has 2 N–H and O–H groups in total. The number of hydrogen-bond acceptors (Lipinski definition) is 7. The van der Waals surface area contributed by atoms with Crippen molar-refractivity contribution in [3.05, 3.63) is 30.5 Å². The van der Waals surface area contributed by atoms with E-state index in [1.165, 1.54) is 0 Å². The minimum atomic E-state index is 0.160. The van der Waals surface area contributed by atoms with Crippen LogP contribution < -0.4 is 15.4 Å². The third-order valence-electron chi connectivity index (χ3n) is 3.57. The molecule has 1 aliphatic rings. The first-order chi connectivity index (χ1) is 11.7. The predicted molar refractivity (Wildman–Crippen MR) is 92.8 cm³/mol. The summed E-state index contributed by atoms with van der Waals surface area (Å²) in [4.78, 5) is 4.42. The highest BCUT2D eigenvalue weighted by Gasteiger charge is 2.15. The van der Waals surface area contributed by atoms with Crippen molar-refractivity contribution in [1.29, 1.82) is 0 Å². The second-order valence-corrected chi connectivity index (χ2v) is 6.00. The lowest BCUT2D eigenvalue weighted by Crippen LogP contribution is -2.20. The van der Waals surface area contributed by atoms with Crippen molar-refractivity contribution in [2.45, 2.75) is 38.9 Å². The average molecular weight is 329 g/mol. The fourth-order valence-corrected chi connectivity index (χ4v) is 2.49. The summed E-state index contributed by atoms with van der Waals surface area (Å²) in [6.45, 7) is 5.55. The molecule has 0 saturated carbocycles. The molecule has 1 aromatic heterocycles. The van der Waals surface area contributed by atoms with Gasteiger partial charge in [0.05, 0.1) is 18.4 Å². The van der Waals surface area contributed by atoms with E-state index in [1.807, 2.05) is 38.1 Å². The van der Waals surface area contributed by atoms with Crippen LogP contribution in [-0.2, 0) is 4.74 Å². The summed E-state index contributed by atoms with van der Waals surface area (Å²) in [6.07, 6.45) is 4.17. The molecule has 128 valence electrons. The number of aromatic nitrogens is 3. The zero-order valence-corrected chi connectivity index (χ0v) is 14.0. The number of benzene rings is 1. The van der Waals surface area contributed by atoms with Crippen molar-refractivity contribution < 1.29 is 9.47 Å². The Labute approximate surface area is 141 Å². The highest BCUT2D eigenvalue weighted by Crippen LogP contribution is 2.20. The monoisotopic (exact) mass is 329 g/mol. The molecule has 7 nitrogen and oxygen atoms in total. The zero-order valence-electron chi connectivity index (χ0n) is 14.0. The quantitative estimate of drug-likeness (QED) is 0.808. The molecule has 0 bridgehead atoms. The summed E-state index contributed by atoms with van der Waals surface area (Å²) in [5.74, 6) is 1.97. The van der Waals surface area contributed by atoms with E-state index in [-0.39, 0.29) is 12.2 Å². The number of nitrogens with zero attached hydrogens (tertiary/aromatic N) is 3. The van der Waals surface area contributed by atoms with Gasteiger partial charge in [0.2, 0.25) is 5.95 Å². The van der Waals surface area contributed by atoms with Gasteiger partial charge in [-0.15, -0.1) is 5.10 Å². The largest absolute Gasteiger partial charge is 0.491 e. The lowest BCUT2D eigenvalue weighted by Gasteiger charge is -2.12. The molecule has 2 heterocycles. The summed E-state index contributed by atoms with van der Waals surface area (Å²) < 4.78 is 11.2. The Kier molecular flexibility index (Phi) is 5.43. The van der Waals surface area contributed by atoms with Crippen LogP contribution in [0.5, 0.6) is 5.75 Å². The van der Waals surface area contributed by atoms with Gasteiger partial charge in [0, 0.05) is 18.8 Å². The lowest BCUT2D eigenvalue weighted by atomic mass is 10.2. The topological polar surface area (TPSA) is 81.2 Å². The SMILES string of the molecule is CC(C)Oc1ccc(Nc2cnnc(NCC3CCCO3)n2)cc1. The summed E-state index contributed by atoms with van der Waals surface area (Å²) >= 11 is 0. The molecule has 0 amide bonds. The first kappa shape index (κ1) is 16.4. The summed E-state index contributed by atoms with van der Waals surface area (Å²) in [7, 11) is 0. The Hall–Kier alpha value is -2.41. The van der Waals surface area contributed by atoms with E-state index in [0.29, 0.717) is 18.3 Å². The van der Waals surface area contributed by atoms with E-state index in [2.05, 4.69) is 25.8 Å². The maximum absolute atomic E-state index is 5.63. The van der Waals surface area contributed by atoms with Crippen LogP contribution in [0.3, 0.4) is 0 Å². The van der Waals surface area contributed by atoms with Crippen LogP contribution in [0.4, 0.5) is 17.5 Å². The maximum Gasteiger partial charge on any atom is 0.244 e. The first-order valence-corrected chi connectivity index (χ1v) is 8.28. The first-order valence-electron chi connectivity index (χ1n) is 8.28. The highest BCUT2D eigenvalue weighted by molar-refractivity contribution is 5.57. The Bertz CT molecular complexity index is 642. The molecule has 1 atom stereocenters. The van der Waals surface area contributed by atoms with Crippen LogP contribution in [0.15, 0.2) is 30.5 Å². The molecule has 24 heavy (non-hydrogen) atoms. The number of rotatable bonds is 7. The van der Waals surface area contributed by atoms with Gasteiger partial charge < -0.3 is 20.1 Å². The van der Waals surface area contributed by atoms with Gasteiger partial charge in [-0.3, -0.25) is 0 Å². The molecule has 0 aliphatic carbocycles. The lowest BCUT2D eigenvalue weighted by molar-refractivity contribution is 0.120. The normalized spacial score (nSPS) is 17.0. The van der Waals surface area contributed by atoms with Crippen molar-refractivity contribution in [2.24, 2.45) is 0 Å². The number of hydrogen-bond donors (Lipinski definition) is 2. The van der Waals surface area contributed by atoms with Crippen molar-refractivity contribution in [3.63, 3.8) is 0 Å². The predicted octanol–water partition coefficient (Wildman–Crippen LogP) is 2.99. The van der Waals surface area contributed by atoms with Crippen LogP contribution in [0, 0.1) is 0 Å². The summed E-state index contributed by atoms with van der Waals surface area (Å²) in [5.41, 5.74) is 0.914. The highest BCUT2D eigenvalue weighted by atomic mass is 16.5. The van der Waals surface area contributed by atoms with Crippen LogP contribution in [0.25, 0.3) is 0 Å². The summed E-state index contributed by atoms with van der Waals surface area (Å²) in [6, 6.07) is 7.74. The molecule has 0 radical (unpaired) electrons. The second kappa shape index (κ2) is 7.92. The maximum atomic E-state index is 5.63. The molecule has 1 unspecified atom stereocenters. The third-order valence-corrected chi connectivity index (χ3v) is 3.57. The van der Waals surface area contributed by atoms with Crippen LogP contribution >= 0.6 is 0 Å². The Morgan fingerprint density at radius 2 is 2.12 bits per heavy atom. The second-order valence-electron chi connectivity index (χ2n) is 6.00. The van der Waals surface area contributed by atoms with Crippen molar-refractivity contribution in [2.75, 3.05) is 23.8 Å². The van der Waals surface area contributed by atoms with Gasteiger partial charge in [0.1, 0.15) is 5.75 Å². The van der Waals surface area contributed by atoms with E-state index >= 15 is 0 Å². The molecular weight excluding hydrogens is 306 g/mol. The van der Waals surface area contributed by atoms with Gasteiger partial charge in [0.25, 0.3) is 0 Å². The van der Waals surface area contributed by atoms with Gasteiger partial charge in [-0.05, 0) is 51.0 Å². The van der Waals surface area contributed by atoms with Crippen molar-refractivity contribution in [1.82, 2.24) is 15.2 Å². The van der Waals surface area contributed by atoms with Crippen molar-refractivity contribution >= 4 is 17.5 Å². The Morgan fingerprint density at radius 1 is 1.29 bits per heavy atom. The average Bonchev–Trinajstić information content (AvgIpc) is 3.08. The molecule has 0 spiro atoms. The minimum Gasteiger partial charge on any atom is -0.491 e. The number of ether oxygens (including phenoxy) is 2. The molecule has 7 heteroatoms. The number of nitrogens with one attached hydrogen (secondary N) is 2. The van der Waals surface area contributed by atoms with Crippen molar-refractivity contribution in [3.8, 4) is 5.75 Å². The Balaban J connectivity index is 1.57. The Morgan fingerprint density at radius 3 is 2.83 bits per heavy atom. The van der Waals surface area contributed by atoms with Gasteiger partial charge in [0.15, 0.2) is 5.82 Å². The fraction of sp³-hybridized carbons (Fsp3) is 0.471. The van der Waals surface area contributed by atoms with E-state index in [0.717, 1.165) is 30.9 Å². The molecule has 1 fully saturated rings. The van der Waals surface area contributed by atoms with Gasteiger partial charge in [-0.25, -0.2) is 0 Å². The van der Waals surface area contributed by atoms with E-state index in [1.54, 1.807) is 6.20 Å². The van der Waals surface area contributed by atoms with Crippen LogP contribution in [-0.4, -0.2) is 40.5 Å². The third kappa shape index (κ3) is 4.79. The molecular formula is C17H23N5O2. The van der Waals surface area contributed by atoms with E-state index < -0.39 is 0 Å². The molecule has 2 aromatic rings. The van der Waals surface area contributed by atoms with Gasteiger partial charge >= 0.3 is 0 Å². The molecule has 1 aromatic carbocycles. The van der Waals surface area contributed by atoms with Crippen LogP contribution in [0.2, 0.25) is 0 Å². The summed E-state index contributed by atoms with van der Waals surface area (Å²) in [5, 5.41) is 14.4. The zero-order chi connectivity index (χ0) is 16.8. The van der Waals surface area contributed by atoms with Gasteiger partial charge in [-0.2, -0.15) is 10.1 Å². The number of anilines is 3. The smallest absolute Gasteiger partial charge is 0.244 e. The van der Waals surface area contributed by atoms with E-state index in [4.69, 9.17) is 9.47 Å². The molecule has 1 aliphatic heterocycles. The van der Waals surface area contributed by atoms with Crippen LogP contribution in [0.1, 0.15) is 26.7 Å².